The van der Waals surface area contributed by atoms with Crippen LogP contribution in [0.15, 0.2) is 24.3 Å². The lowest BCUT2D eigenvalue weighted by Gasteiger charge is -2.26. The van der Waals surface area contributed by atoms with Gasteiger partial charge in [0.15, 0.2) is 0 Å². The van der Waals surface area contributed by atoms with Gasteiger partial charge in [-0.05, 0) is 43.2 Å². The van der Waals surface area contributed by atoms with Crippen LogP contribution in [0, 0.1) is 5.92 Å². The van der Waals surface area contributed by atoms with Crippen LogP contribution in [-0.4, -0.2) is 6.29 Å². The highest BCUT2D eigenvalue weighted by Crippen LogP contribution is 2.37. The Labute approximate surface area is 90.5 Å². The van der Waals surface area contributed by atoms with E-state index in [0.29, 0.717) is 5.92 Å². The average Bonchev–Trinajstić information content (AvgIpc) is 2.30. The van der Waals surface area contributed by atoms with Gasteiger partial charge in [0, 0.05) is 11.6 Å². The van der Waals surface area contributed by atoms with Crippen molar-refractivity contribution in [1.82, 2.24) is 0 Å². The Balaban J connectivity index is 2.07. The minimum absolute atomic E-state index is 0.284. The monoisotopic (exact) mass is 203 g/mol. The smallest absolute Gasteiger partial charge is 0.123 e. The second-order valence-electron chi connectivity index (χ2n) is 4.38. The quantitative estimate of drug-likeness (QED) is 0.593. The van der Waals surface area contributed by atoms with Crippen LogP contribution in [0.4, 0.5) is 5.69 Å². The molecule has 2 rings (SSSR count). The number of para-hydroxylation sites is 1. The van der Waals surface area contributed by atoms with Crippen molar-refractivity contribution >= 4 is 12.0 Å². The van der Waals surface area contributed by atoms with Crippen LogP contribution in [0.1, 0.15) is 37.2 Å². The fourth-order valence-corrected chi connectivity index (χ4v) is 2.45. The predicted molar refractivity (Wildman–Crippen MR) is 61.6 cm³/mol. The van der Waals surface area contributed by atoms with Crippen LogP contribution in [-0.2, 0) is 4.79 Å². The first-order valence-corrected chi connectivity index (χ1v) is 5.61. The zero-order valence-corrected chi connectivity index (χ0v) is 8.86. The molecule has 0 unspecified atom stereocenters. The minimum Gasteiger partial charge on any atom is -0.398 e. The van der Waals surface area contributed by atoms with E-state index in [2.05, 4.69) is 6.07 Å². The van der Waals surface area contributed by atoms with Gasteiger partial charge in [-0.25, -0.2) is 0 Å². The molecule has 0 bridgehead atoms. The topological polar surface area (TPSA) is 43.1 Å². The summed E-state index contributed by atoms with van der Waals surface area (Å²) in [5.41, 5.74) is 8.11. The van der Waals surface area contributed by atoms with Crippen LogP contribution < -0.4 is 5.73 Å². The van der Waals surface area contributed by atoms with E-state index in [1.807, 2.05) is 18.2 Å². The van der Waals surface area contributed by atoms with E-state index in [1.165, 1.54) is 5.56 Å². The molecule has 0 aromatic heterocycles. The largest absolute Gasteiger partial charge is 0.398 e. The molecule has 1 aromatic carbocycles. The number of aldehydes is 1. The summed E-state index contributed by atoms with van der Waals surface area (Å²) in [6.45, 7) is 0. The van der Waals surface area contributed by atoms with Gasteiger partial charge >= 0.3 is 0 Å². The molecule has 0 spiro atoms. The molecule has 80 valence electrons. The van der Waals surface area contributed by atoms with Crippen molar-refractivity contribution in [3.05, 3.63) is 29.8 Å². The number of hydrogen-bond acceptors (Lipinski definition) is 2. The molecule has 1 aromatic rings. The third kappa shape index (κ3) is 2.20. The van der Waals surface area contributed by atoms with Crippen LogP contribution in [0.2, 0.25) is 0 Å². The molecular formula is C13H17NO. The van der Waals surface area contributed by atoms with Gasteiger partial charge < -0.3 is 10.5 Å². The third-order valence-corrected chi connectivity index (χ3v) is 3.40. The molecule has 0 radical (unpaired) electrons. The highest BCUT2D eigenvalue weighted by atomic mass is 16.1. The van der Waals surface area contributed by atoms with Crippen molar-refractivity contribution in [2.24, 2.45) is 5.92 Å². The molecular weight excluding hydrogens is 186 g/mol. The van der Waals surface area contributed by atoms with E-state index in [0.717, 1.165) is 37.7 Å². The summed E-state index contributed by atoms with van der Waals surface area (Å²) in [6.07, 6.45) is 5.32. The first-order chi connectivity index (χ1) is 7.31. The number of carbonyl (C=O) groups is 1. The highest BCUT2D eigenvalue weighted by Gasteiger charge is 2.22. The number of carbonyl (C=O) groups excluding carboxylic acids is 1. The Bertz CT molecular complexity index is 340. The fourth-order valence-electron chi connectivity index (χ4n) is 2.45. The summed E-state index contributed by atoms with van der Waals surface area (Å²) in [4.78, 5) is 10.6. The summed E-state index contributed by atoms with van der Waals surface area (Å²) >= 11 is 0. The van der Waals surface area contributed by atoms with Gasteiger partial charge in [0.2, 0.25) is 0 Å². The number of anilines is 1. The van der Waals surface area contributed by atoms with Crippen molar-refractivity contribution < 1.29 is 4.79 Å². The SMILES string of the molecule is Nc1ccccc1C1CCC(C=O)CC1. The Hall–Kier alpha value is -1.31. The lowest BCUT2D eigenvalue weighted by Crippen LogP contribution is -2.15. The van der Waals surface area contributed by atoms with Gasteiger partial charge in [-0.15, -0.1) is 0 Å². The second kappa shape index (κ2) is 4.47. The molecule has 15 heavy (non-hydrogen) atoms. The van der Waals surface area contributed by atoms with E-state index >= 15 is 0 Å². The molecule has 0 saturated heterocycles. The van der Waals surface area contributed by atoms with Crippen molar-refractivity contribution in [2.45, 2.75) is 31.6 Å². The van der Waals surface area contributed by atoms with E-state index in [-0.39, 0.29) is 5.92 Å². The molecule has 0 amide bonds. The normalized spacial score (nSPS) is 26.1. The van der Waals surface area contributed by atoms with E-state index in [4.69, 9.17) is 5.73 Å². The maximum Gasteiger partial charge on any atom is 0.123 e. The lowest BCUT2D eigenvalue weighted by molar-refractivity contribution is -0.111. The van der Waals surface area contributed by atoms with Gasteiger partial charge in [0.05, 0.1) is 0 Å². The molecule has 0 aliphatic heterocycles. The maximum atomic E-state index is 10.6. The predicted octanol–water partition coefficient (Wildman–Crippen LogP) is 2.74. The van der Waals surface area contributed by atoms with Crippen LogP contribution in [0.5, 0.6) is 0 Å². The molecule has 2 heteroatoms. The van der Waals surface area contributed by atoms with Gasteiger partial charge in [0.25, 0.3) is 0 Å². The van der Waals surface area contributed by atoms with Gasteiger partial charge in [-0.3, -0.25) is 0 Å². The van der Waals surface area contributed by atoms with Crippen molar-refractivity contribution in [1.29, 1.82) is 0 Å². The van der Waals surface area contributed by atoms with Crippen molar-refractivity contribution in [3.8, 4) is 0 Å². The maximum absolute atomic E-state index is 10.6. The number of benzene rings is 1. The molecule has 1 aliphatic carbocycles. The standard InChI is InChI=1S/C13H17NO/c14-13-4-2-1-3-12(13)11-7-5-10(9-15)6-8-11/h1-4,9-11H,5-8,14H2. The second-order valence-corrected chi connectivity index (χ2v) is 4.38. The Morgan fingerprint density at radius 1 is 1.13 bits per heavy atom. The summed E-state index contributed by atoms with van der Waals surface area (Å²) in [5, 5.41) is 0. The van der Waals surface area contributed by atoms with E-state index < -0.39 is 0 Å². The fraction of sp³-hybridized carbons (Fsp3) is 0.462. The van der Waals surface area contributed by atoms with Gasteiger partial charge in [-0.1, -0.05) is 18.2 Å². The summed E-state index contributed by atoms with van der Waals surface area (Å²) < 4.78 is 0. The zero-order chi connectivity index (χ0) is 10.7. The molecule has 1 aliphatic rings. The van der Waals surface area contributed by atoms with Gasteiger partial charge in [0.1, 0.15) is 6.29 Å². The van der Waals surface area contributed by atoms with Crippen molar-refractivity contribution in [2.75, 3.05) is 5.73 Å². The molecule has 1 saturated carbocycles. The van der Waals surface area contributed by atoms with Crippen molar-refractivity contribution in [3.63, 3.8) is 0 Å². The van der Waals surface area contributed by atoms with Crippen LogP contribution in [0.3, 0.4) is 0 Å². The Morgan fingerprint density at radius 2 is 1.80 bits per heavy atom. The molecule has 0 atom stereocenters. The number of nitrogens with two attached hydrogens (primary N) is 1. The minimum atomic E-state index is 0.284. The third-order valence-electron chi connectivity index (χ3n) is 3.40. The van der Waals surface area contributed by atoms with E-state index in [9.17, 15) is 4.79 Å². The highest BCUT2D eigenvalue weighted by molar-refractivity contribution is 5.54. The van der Waals surface area contributed by atoms with Crippen LogP contribution >= 0.6 is 0 Å². The van der Waals surface area contributed by atoms with Gasteiger partial charge in [-0.2, -0.15) is 0 Å². The Morgan fingerprint density at radius 3 is 2.40 bits per heavy atom. The Kier molecular flexibility index (Phi) is 3.05. The van der Waals surface area contributed by atoms with E-state index in [1.54, 1.807) is 0 Å². The first kappa shape index (κ1) is 10.2. The molecule has 2 N–H and O–H groups in total. The lowest BCUT2D eigenvalue weighted by atomic mass is 9.79. The van der Waals surface area contributed by atoms with Crippen LogP contribution in [0.25, 0.3) is 0 Å². The molecule has 2 nitrogen and oxygen atoms in total. The summed E-state index contributed by atoms with van der Waals surface area (Å²) in [6, 6.07) is 8.08. The molecule has 1 fully saturated rings. The first-order valence-electron chi connectivity index (χ1n) is 5.61. The summed E-state index contributed by atoms with van der Waals surface area (Å²) in [5.74, 6) is 0.841. The number of rotatable bonds is 2. The number of hydrogen-bond donors (Lipinski definition) is 1. The zero-order valence-electron chi connectivity index (χ0n) is 8.86. The average molecular weight is 203 g/mol. The number of nitrogen functional groups attached to an aromatic ring is 1. The molecule has 0 heterocycles. The summed E-state index contributed by atoms with van der Waals surface area (Å²) in [7, 11) is 0.